The second-order valence-electron chi connectivity index (χ2n) is 13.2. The second-order valence-corrected chi connectivity index (χ2v) is 13.2. The molecule has 0 bridgehead atoms. The topological polar surface area (TPSA) is 142 Å². The van der Waals surface area contributed by atoms with Crippen LogP contribution < -0.4 is 21.3 Å². The van der Waals surface area contributed by atoms with Gasteiger partial charge in [0.05, 0.1) is 24.2 Å². The summed E-state index contributed by atoms with van der Waals surface area (Å²) in [5, 5.41) is 11.6. The van der Waals surface area contributed by atoms with Crippen molar-refractivity contribution in [2.75, 3.05) is 0 Å². The summed E-state index contributed by atoms with van der Waals surface area (Å²) in [6, 6.07) is 47.8. The number of rotatable bonds is 12. The Hall–Kier alpha value is -6.94. The number of hydrogen-bond donors (Lipinski definition) is 4. The lowest BCUT2D eigenvalue weighted by molar-refractivity contribution is 0.0914. The third-order valence-corrected chi connectivity index (χ3v) is 9.02. The lowest BCUT2D eigenvalue weighted by Gasteiger charge is -2.15. The molecule has 0 aliphatic heterocycles. The largest absolute Gasteiger partial charge is 0.344 e. The van der Waals surface area contributed by atoms with Crippen molar-refractivity contribution < 1.29 is 19.2 Å². The van der Waals surface area contributed by atoms with E-state index in [1.165, 1.54) is 0 Å². The van der Waals surface area contributed by atoms with Crippen LogP contribution in [0, 0.1) is 0 Å². The Morgan fingerprint density at radius 1 is 0.321 bits per heavy atom. The number of carbonyl (C=O) groups excluding carboxylic acids is 4. The molecule has 56 heavy (non-hydrogen) atoms. The molecule has 0 saturated heterocycles. The molecule has 0 aliphatic rings. The summed E-state index contributed by atoms with van der Waals surface area (Å²) in [4.78, 5) is 58.7. The fourth-order valence-corrected chi connectivity index (χ4v) is 5.76. The summed E-state index contributed by atoms with van der Waals surface area (Å²) in [7, 11) is 0. The fourth-order valence-electron chi connectivity index (χ4n) is 5.76. The number of carbonyl (C=O) groups is 4. The van der Waals surface area contributed by atoms with E-state index in [1.54, 1.807) is 36.4 Å². The van der Waals surface area contributed by atoms with E-state index in [0.29, 0.717) is 0 Å². The lowest BCUT2D eigenvalue weighted by Crippen LogP contribution is -2.30. The fraction of sp³-hybridized carbons (Fsp3) is 0.174. The summed E-state index contributed by atoms with van der Waals surface area (Å²) in [6.07, 6.45) is 0. The summed E-state index contributed by atoms with van der Waals surface area (Å²) in [6.45, 7) is 7.63. The summed E-state index contributed by atoms with van der Waals surface area (Å²) in [5.74, 6) is -1.27. The van der Waals surface area contributed by atoms with Gasteiger partial charge in [-0.1, -0.05) is 133 Å². The van der Waals surface area contributed by atoms with Crippen LogP contribution in [0.3, 0.4) is 0 Å². The van der Waals surface area contributed by atoms with E-state index < -0.39 is 0 Å². The van der Waals surface area contributed by atoms with Gasteiger partial charge in [-0.25, -0.2) is 9.97 Å². The predicted molar refractivity (Wildman–Crippen MR) is 218 cm³/mol. The summed E-state index contributed by atoms with van der Waals surface area (Å²) in [5.41, 5.74) is 4.85. The van der Waals surface area contributed by atoms with Crippen molar-refractivity contribution in [2.24, 2.45) is 0 Å². The van der Waals surface area contributed by atoms with E-state index in [-0.39, 0.29) is 70.6 Å². The molecule has 10 heteroatoms. The van der Waals surface area contributed by atoms with Crippen molar-refractivity contribution in [1.82, 2.24) is 31.2 Å². The van der Waals surface area contributed by atoms with Gasteiger partial charge in [0.1, 0.15) is 22.8 Å². The van der Waals surface area contributed by atoms with E-state index >= 15 is 0 Å². The Balaban J connectivity index is 0.000000214. The molecule has 0 spiro atoms. The molecular weight excluding hydrogens is 701 g/mol. The van der Waals surface area contributed by atoms with Gasteiger partial charge in [0.25, 0.3) is 23.6 Å². The van der Waals surface area contributed by atoms with E-state index in [4.69, 9.17) is 0 Å². The first kappa shape index (κ1) is 40.2. The number of nitrogens with one attached hydrogen (secondary N) is 4. The first-order chi connectivity index (χ1) is 27.1. The maximum atomic E-state index is 12.5. The van der Waals surface area contributed by atoms with Crippen LogP contribution in [-0.2, 0) is 0 Å². The Kier molecular flexibility index (Phi) is 14.3. The summed E-state index contributed by atoms with van der Waals surface area (Å²) >= 11 is 0. The minimum absolute atomic E-state index is 0.161. The van der Waals surface area contributed by atoms with Gasteiger partial charge in [-0.15, -0.1) is 0 Å². The van der Waals surface area contributed by atoms with Crippen molar-refractivity contribution in [1.29, 1.82) is 0 Å². The van der Waals surface area contributed by atoms with Crippen molar-refractivity contribution in [3.8, 4) is 0 Å². The van der Waals surface area contributed by atoms with E-state index in [0.717, 1.165) is 22.3 Å². The minimum Gasteiger partial charge on any atom is -0.344 e. The van der Waals surface area contributed by atoms with Crippen LogP contribution in [0.4, 0.5) is 0 Å². The van der Waals surface area contributed by atoms with Crippen LogP contribution in [0.25, 0.3) is 0 Å². The SMILES string of the molecule is C[C@H](NC(=O)c1cccc(C(=O)N[C@H](C)c2ccccc2)n1)c1ccccc1.C[C@H](NC(=O)c1cccc(C(=O)N[C@H](C)c2ccccc2)n1)c1ccccc1. The number of amides is 4. The average Bonchev–Trinajstić information content (AvgIpc) is 3.25. The third-order valence-electron chi connectivity index (χ3n) is 9.02. The summed E-state index contributed by atoms with van der Waals surface area (Å²) < 4.78 is 0. The molecule has 0 aliphatic carbocycles. The van der Waals surface area contributed by atoms with Crippen LogP contribution in [0.2, 0.25) is 0 Å². The molecule has 10 nitrogen and oxygen atoms in total. The van der Waals surface area contributed by atoms with Gasteiger partial charge in [-0.2, -0.15) is 0 Å². The van der Waals surface area contributed by atoms with Gasteiger partial charge in [-0.05, 0) is 74.2 Å². The number of pyridine rings is 2. The lowest BCUT2D eigenvalue weighted by atomic mass is 10.1. The Morgan fingerprint density at radius 3 is 0.714 bits per heavy atom. The van der Waals surface area contributed by atoms with Crippen molar-refractivity contribution in [3.05, 3.63) is 203 Å². The van der Waals surface area contributed by atoms with Crippen LogP contribution in [0.5, 0.6) is 0 Å². The van der Waals surface area contributed by atoms with Crippen LogP contribution in [0.15, 0.2) is 158 Å². The van der Waals surface area contributed by atoms with Gasteiger partial charge in [0.15, 0.2) is 0 Å². The minimum atomic E-state index is -0.317. The van der Waals surface area contributed by atoms with Gasteiger partial charge in [0.2, 0.25) is 0 Å². The Labute approximate surface area is 327 Å². The zero-order chi connectivity index (χ0) is 39.9. The quantitative estimate of drug-likeness (QED) is 0.0997. The molecule has 0 saturated carbocycles. The molecule has 6 aromatic rings. The molecule has 0 fully saturated rings. The zero-order valence-corrected chi connectivity index (χ0v) is 31.8. The standard InChI is InChI=1S/2C23H23N3O2/c2*1-16(18-10-5-3-6-11-18)24-22(27)20-14-9-15-21(26-20)23(28)25-17(2)19-12-7-4-8-13-19/h2*3-17H,1-2H3,(H,24,27)(H,25,28)/t2*16-,17+. The van der Waals surface area contributed by atoms with Crippen molar-refractivity contribution in [2.45, 2.75) is 51.9 Å². The van der Waals surface area contributed by atoms with Crippen LogP contribution >= 0.6 is 0 Å². The van der Waals surface area contributed by atoms with Gasteiger partial charge < -0.3 is 21.3 Å². The van der Waals surface area contributed by atoms with Crippen LogP contribution in [-0.4, -0.2) is 33.6 Å². The number of hydrogen-bond acceptors (Lipinski definition) is 6. The molecule has 4 amide bonds. The third kappa shape index (κ3) is 11.5. The number of nitrogens with zero attached hydrogens (tertiary/aromatic N) is 2. The molecule has 4 atom stereocenters. The van der Waals surface area contributed by atoms with Gasteiger partial charge >= 0.3 is 0 Å². The van der Waals surface area contributed by atoms with Gasteiger partial charge in [0, 0.05) is 0 Å². The van der Waals surface area contributed by atoms with E-state index in [1.807, 2.05) is 149 Å². The molecule has 4 aromatic carbocycles. The predicted octanol–water partition coefficient (Wildman–Crippen LogP) is 8.13. The Morgan fingerprint density at radius 2 is 0.518 bits per heavy atom. The first-order valence-electron chi connectivity index (χ1n) is 18.5. The molecule has 2 heterocycles. The van der Waals surface area contributed by atoms with Crippen molar-refractivity contribution in [3.63, 3.8) is 0 Å². The molecule has 6 rings (SSSR count). The molecule has 0 radical (unpaired) electrons. The molecule has 2 aromatic heterocycles. The smallest absolute Gasteiger partial charge is 0.270 e. The molecule has 0 unspecified atom stereocenters. The molecule has 4 N–H and O–H groups in total. The van der Waals surface area contributed by atoms with Crippen LogP contribution in [0.1, 0.15) is 116 Å². The second kappa shape index (κ2) is 19.9. The van der Waals surface area contributed by atoms with E-state index in [9.17, 15) is 19.2 Å². The molecular formula is C46H46N6O4. The highest BCUT2D eigenvalue weighted by Crippen LogP contribution is 2.16. The maximum Gasteiger partial charge on any atom is 0.270 e. The molecule has 284 valence electrons. The first-order valence-corrected chi connectivity index (χ1v) is 18.5. The monoisotopic (exact) mass is 746 g/mol. The average molecular weight is 747 g/mol. The number of aromatic nitrogens is 2. The number of benzene rings is 4. The maximum absolute atomic E-state index is 12.5. The normalized spacial score (nSPS) is 12.6. The van der Waals surface area contributed by atoms with Gasteiger partial charge in [-0.3, -0.25) is 19.2 Å². The van der Waals surface area contributed by atoms with Crippen molar-refractivity contribution >= 4 is 23.6 Å². The highest BCUT2D eigenvalue weighted by atomic mass is 16.2. The Bertz CT molecular complexity index is 1890. The highest BCUT2D eigenvalue weighted by molar-refractivity contribution is 5.97. The highest BCUT2D eigenvalue weighted by Gasteiger charge is 2.18. The van der Waals surface area contributed by atoms with E-state index in [2.05, 4.69) is 31.2 Å². The zero-order valence-electron chi connectivity index (χ0n) is 31.8.